The van der Waals surface area contributed by atoms with Crippen LogP contribution in [0.1, 0.15) is 15.9 Å². The van der Waals surface area contributed by atoms with E-state index in [4.69, 9.17) is 4.74 Å². The number of piperazine rings is 1. The van der Waals surface area contributed by atoms with Gasteiger partial charge in [-0.25, -0.2) is 4.79 Å². The molecule has 1 heterocycles. The van der Waals surface area contributed by atoms with Crippen molar-refractivity contribution in [3.63, 3.8) is 0 Å². The number of rotatable bonds is 9. The van der Waals surface area contributed by atoms with Crippen LogP contribution in [0.3, 0.4) is 0 Å². The third-order valence-electron chi connectivity index (χ3n) is 6.16. The molecule has 0 atom stereocenters. The first-order valence-electron chi connectivity index (χ1n) is 12.2. The van der Waals surface area contributed by atoms with Gasteiger partial charge in [0, 0.05) is 63.3 Å². The Morgan fingerprint density at radius 1 is 0.806 bits per heavy atom. The molecule has 8 heteroatoms. The van der Waals surface area contributed by atoms with E-state index in [0.29, 0.717) is 29.2 Å². The van der Waals surface area contributed by atoms with Crippen molar-refractivity contribution in [3.8, 4) is 5.75 Å². The Labute approximate surface area is 212 Å². The molecule has 0 aliphatic carbocycles. The van der Waals surface area contributed by atoms with Gasteiger partial charge in [0.2, 0.25) is 0 Å². The number of ether oxygens (including phenoxy) is 1. The Balaban J connectivity index is 1.21. The zero-order chi connectivity index (χ0) is 25.2. The maximum atomic E-state index is 12.8. The third-order valence-corrected chi connectivity index (χ3v) is 6.16. The van der Waals surface area contributed by atoms with Crippen molar-refractivity contribution < 1.29 is 14.3 Å². The number of nitrogens with one attached hydrogen (secondary N) is 3. The van der Waals surface area contributed by atoms with Crippen LogP contribution in [0.5, 0.6) is 5.75 Å². The SMILES string of the molecule is COc1cc(NC(=O)Nc2ccccc2)ccc1C(=O)NCCN1CCN(Cc2ccccc2)CC1. The van der Waals surface area contributed by atoms with Crippen molar-refractivity contribution in [1.82, 2.24) is 15.1 Å². The molecule has 1 fully saturated rings. The lowest BCUT2D eigenvalue weighted by Gasteiger charge is -2.34. The van der Waals surface area contributed by atoms with E-state index in [1.165, 1.54) is 12.7 Å². The summed E-state index contributed by atoms with van der Waals surface area (Å²) in [4.78, 5) is 29.9. The van der Waals surface area contributed by atoms with Crippen LogP contribution in [0.25, 0.3) is 0 Å². The summed E-state index contributed by atoms with van der Waals surface area (Å²) in [5.74, 6) is 0.203. The molecule has 4 rings (SSSR count). The first-order valence-corrected chi connectivity index (χ1v) is 12.2. The molecule has 3 aromatic carbocycles. The van der Waals surface area contributed by atoms with Gasteiger partial charge in [-0.3, -0.25) is 14.6 Å². The fourth-order valence-corrected chi connectivity index (χ4v) is 4.21. The molecule has 3 aromatic rings. The first-order chi connectivity index (χ1) is 17.6. The van der Waals surface area contributed by atoms with Crippen LogP contribution in [-0.2, 0) is 6.54 Å². The van der Waals surface area contributed by atoms with Crippen LogP contribution < -0.4 is 20.7 Å². The highest BCUT2D eigenvalue weighted by Crippen LogP contribution is 2.23. The number of hydrogen-bond donors (Lipinski definition) is 3. The summed E-state index contributed by atoms with van der Waals surface area (Å²) in [7, 11) is 1.51. The van der Waals surface area contributed by atoms with Gasteiger partial charge in [-0.2, -0.15) is 0 Å². The number of urea groups is 1. The van der Waals surface area contributed by atoms with E-state index in [2.05, 4.69) is 50.0 Å². The van der Waals surface area contributed by atoms with E-state index in [9.17, 15) is 9.59 Å². The lowest BCUT2D eigenvalue weighted by atomic mass is 10.1. The van der Waals surface area contributed by atoms with E-state index < -0.39 is 0 Å². The van der Waals surface area contributed by atoms with Gasteiger partial charge in [-0.15, -0.1) is 0 Å². The number of anilines is 2. The lowest BCUT2D eigenvalue weighted by Crippen LogP contribution is -2.48. The number of amides is 3. The molecule has 1 aliphatic heterocycles. The van der Waals surface area contributed by atoms with Crippen LogP contribution >= 0.6 is 0 Å². The molecule has 0 saturated carbocycles. The quantitative estimate of drug-likeness (QED) is 0.426. The topological polar surface area (TPSA) is 85.9 Å². The third kappa shape index (κ3) is 7.31. The molecule has 0 radical (unpaired) electrons. The van der Waals surface area contributed by atoms with Gasteiger partial charge < -0.3 is 20.7 Å². The molecule has 3 N–H and O–H groups in total. The van der Waals surface area contributed by atoms with Gasteiger partial charge >= 0.3 is 6.03 Å². The minimum absolute atomic E-state index is 0.199. The van der Waals surface area contributed by atoms with Crippen molar-refractivity contribution in [3.05, 3.63) is 90.0 Å². The normalized spacial score (nSPS) is 14.1. The highest BCUT2D eigenvalue weighted by atomic mass is 16.5. The molecular formula is C28H33N5O3. The summed E-state index contributed by atoms with van der Waals surface area (Å²) in [6, 6.07) is 24.3. The minimum atomic E-state index is -0.371. The van der Waals surface area contributed by atoms with E-state index in [0.717, 1.165) is 39.3 Å². The Bertz CT molecular complexity index is 1130. The van der Waals surface area contributed by atoms with Crippen molar-refractivity contribution in [1.29, 1.82) is 0 Å². The molecular weight excluding hydrogens is 454 g/mol. The highest BCUT2D eigenvalue weighted by molar-refractivity contribution is 6.01. The number of nitrogens with zero attached hydrogens (tertiary/aromatic N) is 2. The van der Waals surface area contributed by atoms with E-state index in [1.54, 1.807) is 30.3 Å². The molecule has 188 valence electrons. The van der Waals surface area contributed by atoms with E-state index >= 15 is 0 Å². The zero-order valence-electron chi connectivity index (χ0n) is 20.6. The van der Waals surface area contributed by atoms with Gasteiger partial charge in [0.05, 0.1) is 12.7 Å². The smallest absolute Gasteiger partial charge is 0.323 e. The molecule has 1 saturated heterocycles. The predicted molar refractivity (Wildman–Crippen MR) is 143 cm³/mol. The lowest BCUT2D eigenvalue weighted by molar-refractivity contribution is 0.0931. The van der Waals surface area contributed by atoms with E-state index in [1.807, 2.05) is 24.3 Å². The van der Waals surface area contributed by atoms with Crippen molar-refractivity contribution in [2.24, 2.45) is 0 Å². The Morgan fingerprint density at radius 3 is 2.14 bits per heavy atom. The molecule has 3 amide bonds. The standard InChI is InChI=1S/C28H33N5O3/c1-36-26-20-24(31-28(35)30-23-10-6-3-7-11-23)12-13-25(26)27(34)29-14-15-32-16-18-33(19-17-32)21-22-8-4-2-5-9-22/h2-13,20H,14-19,21H2,1H3,(H,29,34)(H2,30,31,35). The van der Waals surface area contributed by atoms with Crippen LogP contribution in [0.15, 0.2) is 78.9 Å². The average Bonchev–Trinajstić information content (AvgIpc) is 2.90. The fourth-order valence-electron chi connectivity index (χ4n) is 4.21. The summed E-state index contributed by atoms with van der Waals surface area (Å²) in [6.45, 7) is 6.33. The number of hydrogen-bond acceptors (Lipinski definition) is 5. The summed E-state index contributed by atoms with van der Waals surface area (Å²) in [5.41, 5.74) is 2.99. The molecule has 0 unspecified atom stereocenters. The molecule has 36 heavy (non-hydrogen) atoms. The van der Waals surface area contributed by atoms with Crippen LogP contribution in [0.2, 0.25) is 0 Å². The second-order valence-corrected chi connectivity index (χ2v) is 8.72. The summed E-state index contributed by atoms with van der Waals surface area (Å²) in [5, 5.41) is 8.52. The minimum Gasteiger partial charge on any atom is -0.496 e. The van der Waals surface area contributed by atoms with Gasteiger partial charge in [-0.05, 0) is 29.8 Å². The predicted octanol–water partition coefficient (Wildman–Crippen LogP) is 3.89. The Kier molecular flexibility index (Phi) is 8.91. The van der Waals surface area contributed by atoms with Gasteiger partial charge in [0.1, 0.15) is 5.75 Å². The fraction of sp³-hybridized carbons (Fsp3) is 0.286. The van der Waals surface area contributed by atoms with Crippen molar-refractivity contribution in [2.45, 2.75) is 6.54 Å². The van der Waals surface area contributed by atoms with Gasteiger partial charge in [0.15, 0.2) is 0 Å². The molecule has 1 aliphatic rings. The summed E-state index contributed by atoms with van der Waals surface area (Å²) in [6.07, 6.45) is 0. The maximum absolute atomic E-state index is 12.8. The number of carbonyl (C=O) groups excluding carboxylic acids is 2. The van der Waals surface area contributed by atoms with Gasteiger partial charge in [0.25, 0.3) is 5.91 Å². The zero-order valence-corrected chi connectivity index (χ0v) is 20.6. The van der Waals surface area contributed by atoms with Crippen LogP contribution in [0, 0.1) is 0 Å². The average molecular weight is 488 g/mol. The highest BCUT2D eigenvalue weighted by Gasteiger charge is 2.18. The number of carbonyl (C=O) groups is 2. The maximum Gasteiger partial charge on any atom is 0.323 e. The summed E-state index contributed by atoms with van der Waals surface area (Å²) >= 11 is 0. The van der Waals surface area contributed by atoms with E-state index in [-0.39, 0.29) is 11.9 Å². The second kappa shape index (κ2) is 12.7. The number of benzene rings is 3. The first kappa shape index (κ1) is 25.2. The Hall–Kier alpha value is -3.88. The van der Waals surface area contributed by atoms with Crippen LogP contribution in [-0.4, -0.2) is 68.1 Å². The second-order valence-electron chi connectivity index (χ2n) is 8.72. The Morgan fingerprint density at radius 2 is 1.44 bits per heavy atom. The molecule has 0 bridgehead atoms. The largest absolute Gasteiger partial charge is 0.496 e. The van der Waals surface area contributed by atoms with Crippen LogP contribution in [0.4, 0.5) is 16.2 Å². The molecule has 8 nitrogen and oxygen atoms in total. The monoisotopic (exact) mass is 487 g/mol. The number of methoxy groups -OCH3 is 1. The summed E-state index contributed by atoms with van der Waals surface area (Å²) < 4.78 is 5.42. The van der Waals surface area contributed by atoms with Gasteiger partial charge in [-0.1, -0.05) is 48.5 Å². The van der Waals surface area contributed by atoms with Crippen molar-refractivity contribution in [2.75, 3.05) is 57.0 Å². The molecule has 0 aromatic heterocycles. The number of para-hydroxylation sites is 1. The molecule has 0 spiro atoms. The van der Waals surface area contributed by atoms with Crippen molar-refractivity contribution >= 4 is 23.3 Å².